The van der Waals surface area contributed by atoms with Crippen molar-refractivity contribution in [2.24, 2.45) is 0 Å². The van der Waals surface area contributed by atoms with Gasteiger partial charge in [-0.25, -0.2) is 0 Å². The van der Waals surface area contributed by atoms with E-state index in [1.807, 2.05) is 18.2 Å². The number of hydrogen-bond acceptors (Lipinski definition) is 1. The van der Waals surface area contributed by atoms with Gasteiger partial charge in [-0.05, 0) is 34.2 Å². The fourth-order valence-corrected chi connectivity index (χ4v) is 3.81. The number of benzene rings is 4. The maximum atomic E-state index is 6.23. The molecule has 0 aromatic heterocycles. The minimum absolute atomic E-state index is 0.796. The molecule has 0 bridgehead atoms. The Morgan fingerprint density at radius 1 is 0.542 bits per heavy atom. The third-order valence-electron chi connectivity index (χ3n) is 4.32. The summed E-state index contributed by atoms with van der Waals surface area (Å²) >= 11 is 3.72. The molecule has 0 saturated carbocycles. The molecule has 0 radical (unpaired) electrons. The minimum atomic E-state index is 0.796. The maximum absolute atomic E-state index is 6.23. The van der Waals surface area contributed by atoms with Crippen LogP contribution in [0, 0.1) is 0 Å². The fraction of sp³-hybridized carbons (Fsp3) is 0. The quantitative estimate of drug-likeness (QED) is 0.397. The van der Waals surface area contributed by atoms with Crippen LogP contribution in [0.2, 0.25) is 0 Å². The number of hydrogen-bond donors (Lipinski definition) is 1. The largest absolute Gasteiger partial charge is 0.398 e. The average molecular weight is 374 g/mol. The van der Waals surface area contributed by atoms with Crippen LogP contribution in [-0.2, 0) is 0 Å². The molecule has 2 N–H and O–H groups in total. The van der Waals surface area contributed by atoms with Gasteiger partial charge in [0.15, 0.2) is 0 Å². The van der Waals surface area contributed by atoms with Crippen LogP contribution < -0.4 is 5.73 Å². The van der Waals surface area contributed by atoms with Crippen LogP contribution in [0.5, 0.6) is 0 Å². The van der Waals surface area contributed by atoms with Crippen molar-refractivity contribution in [1.82, 2.24) is 0 Å². The molecule has 0 atom stereocenters. The van der Waals surface area contributed by atoms with E-state index >= 15 is 0 Å². The van der Waals surface area contributed by atoms with E-state index in [2.05, 4.69) is 82.7 Å². The van der Waals surface area contributed by atoms with Gasteiger partial charge in [0.05, 0.1) is 0 Å². The van der Waals surface area contributed by atoms with Gasteiger partial charge in [0, 0.05) is 21.1 Å². The Morgan fingerprint density at radius 2 is 1.08 bits per heavy atom. The molecule has 0 heterocycles. The molecule has 4 aromatic rings. The first-order chi connectivity index (χ1) is 11.8. The van der Waals surface area contributed by atoms with Crippen LogP contribution in [0.3, 0.4) is 0 Å². The SMILES string of the molecule is Nc1ccccc1-c1ccccc1-c1cccc2cccc(Br)c12. The van der Waals surface area contributed by atoms with Crippen molar-refractivity contribution in [3.63, 3.8) is 0 Å². The minimum Gasteiger partial charge on any atom is -0.398 e. The number of halogens is 1. The molecule has 1 nitrogen and oxygen atoms in total. The van der Waals surface area contributed by atoms with Crippen molar-refractivity contribution in [3.05, 3.63) is 89.4 Å². The monoisotopic (exact) mass is 373 g/mol. The van der Waals surface area contributed by atoms with Crippen molar-refractivity contribution in [1.29, 1.82) is 0 Å². The Hall–Kier alpha value is -2.58. The summed E-state index contributed by atoms with van der Waals surface area (Å²) in [7, 11) is 0. The van der Waals surface area contributed by atoms with E-state index in [1.165, 1.54) is 21.9 Å². The molecule has 24 heavy (non-hydrogen) atoms. The first-order valence-electron chi connectivity index (χ1n) is 7.87. The zero-order valence-electron chi connectivity index (χ0n) is 13.0. The van der Waals surface area contributed by atoms with Crippen LogP contribution in [0.4, 0.5) is 5.69 Å². The predicted molar refractivity (Wildman–Crippen MR) is 107 cm³/mol. The van der Waals surface area contributed by atoms with Crippen LogP contribution >= 0.6 is 15.9 Å². The molecule has 0 amide bonds. The summed E-state index contributed by atoms with van der Waals surface area (Å²) in [5.74, 6) is 0. The Bertz CT molecular complexity index is 1030. The second-order valence-corrected chi connectivity index (χ2v) is 6.63. The van der Waals surface area contributed by atoms with Crippen molar-refractivity contribution >= 4 is 32.4 Å². The molecule has 4 rings (SSSR count). The van der Waals surface area contributed by atoms with Gasteiger partial charge in [-0.1, -0.05) is 88.7 Å². The Labute approximate surface area is 149 Å². The van der Waals surface area contributed by atoms with Crippen LogP contribution in [0.25, 0.3) is 33.0 Å². The topological polar surface area (TPSA) is 26.0 Å². The summed E-state index contributed by atoms with van der Waals surface area (Å²) in [6, 6.07) is 29.2. The van der Waals surface area contributed by atoms with Crippen molar-refractivity contribution in [2.75, 3.05) is 5.73 Å². The Balaban J connectivity index is 2.05. The van der Waals surface area contributed by atoms with Crippen LogP contribution in [0.1, 0.15) is 0 Å². The third kappa shape index (κ3) is 2.49. The molecule has 4 aromatic carbocycles. The van der Waals surface area contributed by atoms with Gasteiger partial charge in [-0.3, -0.25) is 0 Å². The lowest BCUT2D eigenvalue weighted by Gasteiger charge is -2.15. The van der Waals surface area contributed by atoms with E-state index in [9.17, 15) is 0 Å². The fourth-order valence-electron chi connectivity index (χ4n) is 3.21. The van der Waals surface area contributed by atoms with E-state index in [1.54, 1.807) is 0 Å². The first kappa shape index (κ1) is 15.0. The molecular formula is C22H16BrN. The number of anilines is 1. The number of fused-ring (bicyclic) bond motifs is 1. The molecule has 0 aliphatic carbocycles. The molecule has 0 unspecified atom stereocenters. The molecule has 0 spiro atoms. The highest BCUT2D eigenvalue weighted by molar-refractivity contribution is 9.10. The summed E-state index contributed by atoms with van der Waals surface area (Å²) in [5.41, 5.74) is 11.6. The predicted octanol–water partition coefficient (Wildman–Crippen LogP) is 6.52. The van der Waals surface area contributed by atoms with E-state index < -0.39 is 0 Å². The lowest BCUT2D eigenvalue weighted by atomic mass is 9.91. The van der Waals surface area contributed by atoms with E-state index in [0.29, 0.717) is 0 Å². The zero-order chi connectivity index (χ0) is 16.5. The first-order valence-corrected chi connectivity index (χ1v) is 8.66. The van der Waals surface area contributed by atoms with E-state index in [4.69, 9.17) is 5.73 Å². The maximum Gasteiger partial charge on any atom is 0.0393 e. The van der Waals surface area contributed by atoms with Gasteiger partial charge in [0.2, 0.25) is 0 Å². The van der Waals surface area contributed by atoms with Gasteiger partial charge in [0.1, 0.15) is 0 Å². The van der Waals surface area contributed by atoms with E-state index in [-0.39, 0.29) is 0 Å². The normalized spacial score (nSPS) is 10.9. The van der Waals surface area contributed by atoms with Gasteiger partial charge in [-0.15, -0.1) is 0 Å². The second-order valence-electron chi connectivity index (χ2n) is 5.78. The average Bonchev–Trinajstić information content (AvgIpc) is 2.62. The Kier molecular flexibility index (Phi) is 3.83. The second kappa shape index (κ2) is 6.14. The summed E-state index contributed by atoms with van der Waals surface area (Å²) < 4.78 is 1.10. The molecule has 116 valence electrons. The van der Waals surface area contributed by atoms with Gasteiger partial charge >= 0.3 is 0 Å². The zero-order valence-corrected chi connectivity index (χ0v) is 14.6. The van der Waals surface area contributed by atoms with Crippen molar-refractivity contribution < 1.29 is 0 Å². The standard InChI is InChI=1S/C22H16BrN/c23-20-13-6-8-15-7-5-12-19(22(15)20)17-10-2-1-9-16(17)18-11-3-4-14-21(18)24/h1-14H,24H2. The molecule has 0 aliphatic rings. The molecule has 0 saturated heterocycles. The van der Waals surface area contributed by atoms with Crippen molar-refractivity contribution in [2.45, 2.75) is 0 Å². The van der Waals surface area contributed by atoms with Gasteiger partial charge < -0.3 is 5.73 Å². The molecular weight excluding hydrogens is 358 g/mol. The summed E-state index contributed by atoms with van der Waals surface area (Å²) in [6.45, 7) is 0. The highest BCUT2D eigenvalue weighted by atomic mass is 79.9. The lowest BCUT2D eigenvalue weighted by Crippen LogP contribution is -1.92. The summed E-state index contributed by atoms with van der Waals surface area (Å²) in [6.07, 6.45) is 0. The smallest absolute Gasteiger partial charge is 0.0393 e. The highest BCUT2D eigenvalue weighted by Crippen LogP contribution is 2.40. The third-order valence-corrected chi connectivity index (χ3v) is 4.98. The van der Waals surface area contributed by atoms with Crippen LogP contribution in [-0.4, -0.2) is 0 Å². The van der Waals surface area contributed by atoms with Gasteiger partial charge in [0.25, 0.3) is 0 Å². The number of nitrogens with two attached hydrogens (primary N) is 1. The van der Waals surface area contributed by atoms with Gasteiger partial charge in [-0.2, -0.15) is 0 Å². The molecule has 0 aliphatic heterocycles. The van der Waals surface area contributed by atoms with Crippen molar-refractivity contribution in [3.8, 4) is 22.3 Å². The number of rotatable bonds is 2. The molecule has 0 fully saturated rings. The number of para-hydroxylation sites is 1. The van der Waals surface area contributed by atoms with E-state index in [0.717, 1.165) is 21.3 Å². The Morgan fingerprint density at radius 3 is 1.79 bits per heavy atom. The summed E-state index contributed by atoms with van der Waals surface area (Å²) in [4.78, 5) is 0. The number of nitrogen functional groups attached to an aromatic ring is 1. The summed E-state index contributed by atoms with van der Waals surface area (Å²) in [5, 5.41) is 2.44. The highest BCUT2D eigenvalue weighted by Gasteiger charge is 2.12. The molecule has 2 heteroatoms. The van der Waals surface area contributed by atoms with Crippen LogP contribution in [0.15, 0.2) is 89.4 Å². The lowest BCUT2D eigenvalue weighted by molar-refractivity contribution is 1.59.